The van der Waals surface area contributed by atoms with E-state index in [1.54, 1.807) is 23.9 Å². The zero-order chi connectivity index (χ0) is 22.1. The molecular weight excluding hydrogens is 489 g/mol. The second kappa shape index (κ2) is 8.92. The molecule has 3 aromatic carbocycles. The molecule has 1 aliphatic heterocycles. The van der Waals surface area contributed by atoms with E-state index in [1.807, 2.05) is 70.4 Å². The number of thioether (sulfide) groups is 1. The van der Waals surface area contributed by atoms with Crippen molar-refractivity contribution in [2.45, 2.75) is 11.9 Å². The molecule has 1 aliphatic rings. The third-order valence-corrected chi connectivity index (χ3v) is 7.18. The standard InChI is InChI=1S/C25H19BrFN3OS/c26-20-10-6-18(7-11-20)25-29(23(31)16-32-25)14-19-15-30(22-4-2-1-3-5-22)28-24(19)17-8-12-21(27)13-9-17/h1-13,15,25H,14,16H2/t25-/m0/s1. The van der Waals surface area contributed by atoms with Crippen molar-refractivity contribution >= 4 is 33.6 Å². The molecule has 2 heterocycles. The van der Waals surface area contributed by atoms with Crippen molar-refractivity contribution in [3.63, 3.8) is 0 Å². The Morgan fingerprint density at radius 1 is 1.00 bits per heavy atom. The molecule has 4 nitrogen and oxygen atoms in total. The summed E-state index contributed by atoms with van der Waals surface area (Å²) in [5, 5.41) is 4.74. The summed E-state index contributed by atoms with van der Waals surface area (Å²) in [6.45, 7) is 0.423. The molecule has 7 heteroatoms. The number of para-hydroxylation sites is 1. The number of aromatic nitrogens is 2. The Bertz CT molecular complexity index is 1240. The van der Waals surface area contributed by atoms with Crippen molar-refractivity contribution < 1.29 is 9.18 Å². The number of halogens is 2. The van der Waals surface area contributed by atoms with Crippen molar-refractivity contribution in [3.8, 4) is 16.9 Å². The minimum atomic E-state index is -0.292. The van der Waals surface area contributed by atoms with E-state index in [2.05, 4.69) is 15.9 Å². The van der Waals surface area contributed by atoms with Gasteiger partial charge in [-0.25, -0.2) is 9.07 Å². The normalized spacial score (nSPS) is 16.0. The van der Waals surface area contributed by atoms with Crippen molar-refractivity contribution in [3.05, 3.63) is 106 Å². The molecule has 1 aromatic heterocycles. The molecule has 0 N–H and O–H groups in total. The summed E-state index contributed by atoms with van der Waals surface area (Å²) in [6, 6.07) is 24.2. The minimum Gasteiger partial charge on any atom is -0.321 e. The molecule has 1 saturated heterocycles. The lowest BCUT2D eigenvalue weighted by atomic mass is 10.1. The fourth-order valence-electron chi connectivity index (χ4n) is 3.80. The Labute approximate surface area is 198 Å². The van der Waals surface area contributed by atoms with Crippen LogP contribution in [0.3, 0.4) is 0 Å². The van der Waals surface area contributed by atoms with E-state index in [0.29, 0.717) is 12.3 Å². The molecule has 0 aliphatic carbocycles. The first-order valence-corrected chi connectivity index (χ1v) is 12.0. The summed E-state index contributed by atoms with van der Waals surface area (Å²) in [4.78, 5) is 14.7. The van der Waals surface area contributed by atoms with E-state index in [-0.39, 0.29) is 17.1 Å². The van der Waals surface area contributed by atoms with Crippen LogP contribution in [0.5, 0.6) is 0 Å². The average Bonchev–Trinajstić information content (AvgIpc) is 3.40. The number of hydrogen-bond acceptors (Lipinski definition) is 3. The SMILES string of the molecule is O=C1CS[C@@H](c2ccc(Br)cc2)N1Cc1cn(-c2ccccc2)nc1-c1ccc(F)cc1. The van der Waals surface area contributed by atoms with Crippen LogP contribution in [0.4, 0.5) is 4.39 Å². The third-order valence-electron chi connectivity index (χ3n) is 5.39. The van der Waals surface area contributed by atoms with E-state index in [0.717, 1.165) is 32.5 Å². The maximum Gasteiger partial charge on any atom is 0.234 e. The Balaban J connectivity index is 1.54. The molecule has 0 spiro atoms. The number of benzene rings is 3. The zero-order valence-electron chi connectivity index (χ0n) is 17.0. The van der Waals surface area contributed by atoms with Gasteiger partial charge in [0.1, 0.15) is 11.2 Å². The Morgan fingerprint density at radius 2 is 1.72 bits per heavy atom. The topological polar surface area (TPSA) is 38.1 Å². The van der Waals surface area contributed by atoms with Gasteiger partial charge in [0.15, 0.2) is 0 Å². The summed E-state index contributed by atoms with van der Waals surface area (Å²) in [5.74, 6) is 0.249. The second-order valence-corrected chi connectivity index (χ2v) is 9.51. The Hall–Kier alpha value is -2.90. The summed E-state index contributed by atoms with van der Waals surface area (Å²) >= 11 is 5.10. The smallest absolute Gasteiger partial charge is 0.234 e. The predicted molar refractivity (Wildman–Crippen MR) is 129 cm³/mol. The van der Waals surface area contributed by atoms with Crippen LogP contribution in [0.1, 0.15) is 16.5 Å². The quantitative estimate of drug-likeness (QED) is 0.322. The molecule has 0 unspecified atom stereocenters. The highest BCUT2D eigenvalue weighted by Crippen LogP contribution is 2.40. The van der Waals surface area contributed by atoms with Gasteiger partial charge in [-0.3, -0.25) is 4.79 Å². The largest absolute Gasteiger partial charge is 0.321 e. The van der Waals surface area contributed by atoms with Crippen LogP contribution in [0.25, 0.3) is 16.9 Å². The van der Waals surface area contributed by atoms with Gasteiger partial charge < -0.3 is 4.90 Å². The maximum absolute atomic E-state index is 13.5. The monoisotopic (exact) mass is 507 g/mol. The average molecular weight is 508 g/mol. The summed E-state index contributed by atoms with van der Waals surface area (Å²) < 4.78 is 16.4. The minimum absolute atomic E-state index is 0.0586. The van der Waals surface area contributed by atoms with Crippen LogP contribution in [0, 0.1) is 5.82 Å². The van der Waals surface area contributed by atoms with E-state index >= 15 is 0 Å². The number of rotatable bonds is 5. The van der Waals surface area contributed by atoms with Crippen LogP contribution in [0.2, 0.25) is 0 Å². The van der Waals surface area contributed by atoms with Gasteiger partial charge in [-0.05, 0) is 54.1 Å². The van der Waals surface area contributed by atoms with Gasteiger partial charge in [0, 0.05) is 21.8 Å². The first kappa shape index (κ1) is 21.0. The molecule has 1 fully saturated rings. The van der Waals surface area contributed by atoms with Crippen molar-refractivity contribution in [1.29, 1.82) is 0 Å². The van der Waals surface area contributed by atoms with Crippen LogP contribution in [0.15, 0.2) is 89.5 Å². The second-order valence-electron chi connectivity index (χ2n) is 7.53. The van der Waals surface area contributed by atoms with Gasteiger partial charge in [-0.15, -0.1) is 11.8 Å². The summed E-state index contributed by atoms with van der Waals surface area (Å²) in [7, 11) is 0. The molecule has 1 atom stereocenters. The van der Waals surface area contributed by atoms with E-state index in [4.69, 9.17) is 5.10 Å². The lowest BCUT2D eigenvalue weighted by molar-refractivity contribution is -0.128. The van der Waals surface area contributed by atoms with Crippen molar-refractivity contribution in [1.82, 2.24) is 14.7 Å². The van der Waals surface area contributed by atoms with Crippen molar-refractivity contribution in [2.75, 3.05) is 5.75 Å². The molecule has 32 heavy (non-hydrogen) atoms. The number of carbonyl (C=O) groups excluding carboxylic acids is 1. The van der Waals surface area contributed by atoms with Crippen molar-refractivity contribution in [2.24, 2.45) is 0 Å². The summed E-state index contributed by atoms with van der Waals surface area (Å²) in [6.07, 6.45) is 1.96. The van der Waals surface area contributed by atoms with Crippen LogP contribution < -0.4 is 0 Å². The highest BCUT2D eigenvalue weighted by Gasteiger charge is 2.33. The summed E-state index contributed by atoms with van der Waals surface area (Å²) in [5.41, 5.74) is 4.48. The van der Waals surface area contributed by atoms with E-state index in [9.17, 15) is 9.18 Å². The molecule has 0 radical (unpaired) electrons. The fourth-order valence-corrected chi connectivity index (χ4v) is 5.25. The number of amides is 1. The van der Waals surface area contributed by atoms with Crippen LogP contribution in [-0.4, -0.2) is 26.3 Å². The highest BCUT2D eigenvalue weighted by atomic mass is 79.9. The fraction of sp³-hybridized carbons (Fsp3) is 0.120. The lowest BCUT2D eigenvalue weighted by Gasteiger charge is -2.24. The van der Waals surface area contributed by atoms with Crippen LogP contribution >= 0.6 is 27.7 Å². The Kier molecular flexibility index (Phi) is 5.85. The Morgan fingerprint density at radius 3 is 2.44 bits per heavy atom. The first-order valence-electron chi connectivity index (χ1n) is 10.1. The van der Waals surface area contributed by atoms with Crippen LogP contribution in [-0.2, 0) is 11.3 Å². The van der Waals surface area contributed by atoms with E-state index < -0.39 is 0 Å². The first-order chi connectivity index (χ1) is 15.6. The lowest BCUT2D eigenvalue weighted by Crippen LogP contribution is -2.27. The maximum atomic E-state index is 13.5. The number of carbonyl (C=O) groups is 1. The molecule has 4 aromatic rings. The molecule has 0 bridgehead atoms. The molecule has 160 valence electrons. The molecule has 5 rings (SSSR count). The number of hydrogen-bond donors (Lipinski definition) is 0. The molecule has 1 amide bonds. The number of nitrogens with zero attached hydrogens (tertiary/aromatic N) is 3. The van der Waals surface area contributed by atoms with Gasteiger partial charge in [0.25, 0.3) is 0 Å². The van der Waals surface area contributed by atoms with Gasteiger partial charge in [-0.1, -0.05) is 46.3 Å². The van der Waals surface area contributed by atoms with E-state index in [1.165, 1.54) is 12.1 Å². The molecule has 0 saturated carbocycles. The highest BCUT2D eigenvalue weighted by molar-refractivity contribution is 9.10. The van der Waals surface area contributed by atoms with Gasteiger partial charge >= 0.3 is 0 Å². The zero-order valence-corrected chi connectivity index (χ0v) is 19.4. The molecular formula is C25H19BrFN3OS. The predicted octanol–water partition coefficient (Wildman–Crippen LogP) is 6.22. The third kappa shape index (κ3) is 4.23. The van der Waals surface area contributed by atoms with Gasteiger partial charge in [0.05, 0.1) is 23.7 Å². The van der Waals surface area contributed by atoms with Gasteiger partial charge in [-0.2, -0.15) is 5.10 Å². The van der Waals surface area contributed by atoms with Gasteiger partial charge in [0.2, 0.25) is 5.91 Å².